The maximum Gasteiger partial charge on any atom is 0.321 e. The smallest absolute Gasteiger partial charge is 0.321 e. The van der Waals surface area contributed by atoms with Gasteiger partial charge in [-0.25, -0.2) is 4.79 Å². The number of nitrogens with one attached hydrogen (secondary N) is 1. The summed E-state index contributed by atoms with van der Waals surface area (Å²) in [6.07, 6.45) is 4.78. The first kappa shape index (κ1) is 15.4. The molecule has 122 valence electrons. The van der Waals surface area contributed by atoms with Crippen molar-refractivity contribution in [3.8, 4) is 0 Å². The van der Waals surface area contributed by atoms with Crippen LogP contribution in [0.5, 0.6) is 0 Å². The van der Waals surface area contributed by atoms with Crippen LogP contribution in [0.25, 0.3) is 0 Å². The molecule has 0 atom stereocenters. The number of anilines is 2. The molecule has 23 heavy (non-hydrogen) atoms. The third-order valence-corrected chi connectivity index (χ3v) is 4.26. The SMILES string of the molecule is CCc1ccccc1NC(=O)N1CCN(c2cnn(C)c2)CC1. The third-order valence-electron chi connectivity index (χ3n) is 4.26. The molecule has 1 N–H and O–H groups in total. The number of piperazine rings is 1. The lowest BCUT2D eigenvalue weighted by Gasteiger charge is -2.35. The standard InChI is InChI=1S/C17H23N5O/c1-3-14-6-4-5-7-16(14)19-17(23)22-10-8-21(9-11-22)15-12-18-20(2)13-15/h4-7,12-13H,3,8-11H2,1-2H3,(H,19,23). The topological polar surface area (TPSA) is 53.4 Å². The van der Waals surface area contributed by atoms with Crippen molar-refractivity contribution in [2.45, 2.75) is 13.3 Å². The number of hydrogen-bond donors (Lipinski definition) is 1. The maximum absolute atomic E-state index is 12.5. The molecule has 1 aromatic heterocycles. The number of aryl methyl sites for hydroxylation is 2. The lowest BCUT2D eigenvalue weighted by atomic mass is 10.1. The Morgan fingerprint density at radius 3 is 2.61 bits per heavy atom. The van der Waals surface area contributed by atoms with E-state index in [4.69, 9.17) is 0 Å². The van der Waals surface area contributed by atoms with Crippen LogP contribution in [0.3, 0.4) is 0 Å². The number of rotatable bonds is 3. The second-order valence-electron chi connectivity index (χ2n) is 5.79. The second kappa shape index (κ2) is 6.73. The van der Waals surface area contributed by atoms with E-state index in [1.807, 2.05) is 42.5 Å². The predicted molar refractivity (Wildman–Crippen MR) is 91.8 cm³/mol. The van der Waals surface area contributed by atoms with Gasteiger partial charge in [-0.1, -0.05) is 25.1 Å². The van der Waals surface area contributed by atoms with Crippen LogP contribution in [0.1, 0.15) is 12.5 Å². The van der Waals surface area contributed by atoms with Crippen LogP contribution >= 0.6 is 0 Å². The summed E-state index contributed by atoms with van der Waals surface area (Å²) in [6, 6.07) is 7.95. The molecular formula is C17H23N5O. The van der Waals surface area contributed by atoms with Crippen molar-refractivity contribution in [2.75, 3.05) is 36.4 Å². The summed E-state index contributed by atoms with van der Waals surface area (Å²) in [4.78, 5) is 16.6. The minimum absolute atomic E-state index is 0.0169. The van der Waals surface area contributed by atoms with Crippen molar-refractivity contribution < 1.29 is 4.79 Å². The Morgan fingerprint density at radius 1 is 1.22 bits per heavy atom. The van der Waals surface area contributed by atoms with Gasteiger partial charge in [0, 0.05) is 45.1 Å². The lowest BCUT2D eigenvalue weighted by Crippen LogP contribution is -2.50. The zero-order chi connectivity index (χ0) is 16.2. The van der Waals surface area contributed by atoms with Crippen molar-refractivity contribution in [3.05, 3.63) is 42.2 Å². The monoisotopic (exact) mass is 313 g/mol. The van der Waals surface area contributed by atoms with Gasteiger partial charge in [-0.3, -0.25) is 4.68 Å². The first-order chi connectivity index (χ1) is 11.2. The first-order valence-electron chi connectivity index (χ1n) is 8.05. The molecule has 0 spiro atoms. The van der Waals surface area contributed by atoms with E-state index in [0.717, 1.165) is 49.5 Å². The molecular weight excluding hydrogens is 290 g/mol. The molecule has 1 aliphatic rings. The molecule has 0 bridgehead atoms. The van der Waals surface area contributed by atoms with E-state index < -0.39 is 0 Å². The molecule has 2 amide bonds. The first-order valence-corrected chi connectivity index (χ1v) is 8.05. The van der Waals surface area contributed by atoms with Crippen molar-refractivity contribution in [1.82, 2.24) is 14.7 Å². The highest BCUT2D eigenvalue weighted by Gasteiger charge is 2.22. The zero-order valence-corrected chi connectivity index (χ0v) is 13.7. The molecule has 3 rings (SSSR count). The fourth-order valence-corrected chi connectivity index (χ4v) is 2.88. The quantitative estimate of drug-likeness (QED) is 0.946. The average Bonchev–Trinajstić information content (AvgIpc) is 3.02. The fourth-order valence-electron chi connectivity index (χ4n) is 2.88. The molecule has 1 aliphatic heterocycles. The Bertz CT molecular complexity index is 673. The summed E-state index contributed by atoms with van der Waals surface area (Å²) in [5.41, 5.74) is 3.19. The van der Waals surface area contributed by atoms with E-state index in [2.05, 4.69) is 28.3 Å². The van der Waals surface area contributed by atoms with Gasteiger partial charge in [-0.15, -0.1) is 0 Å². The number of urea groups is 1. The number of amides is 2. The summed E-state index contributed by atoms with van der Waals surface area (Å²) in [6.45, 7) is 5.19. The predicted octanol–water partition coefficient (Wildman–Crippen LogP) is 2.34. The molecule has 1 fully saturated rings. The number of nitrogens with zero attached hydrogens (tertiary/aromatic N) is 4. The van der Waals surface area contributed by atoms with E-state index in [0.29, 0.717) is 0 Å². The summed E-state index contributed by atoms with van der Waals surface area (Å²) in [5, 5.41) is 7.24. The van der Waals surface area contributed by atoms with Gasteiger partial charge in [-0.2, -0.15) is 5.10 Å². The number of carbonyl (C=O) groups excluding carboxylic acids is 1. The van der Waals surface area contributed by atoms with Crippen LogP contribution in [-0.2, 0) is 13.5 Å². The summed E-state index contributed by atoms with van der Waals surface area (Å²) in [5.74, 6) is 0. The van der Waals surface area contributed by atoms with Crippen LogP contribution in [-0.4, -0.2) is 46.9 Å². The highest BCUT2D eigenvalue weighted by Crippen LogP contribution is 2.18. The normalized spacial score (nSPS) is 14.9. The summed E-state index contributed by atoms with van der Waals surface area (Å²) < 4.78 is 1.80. The number of carbonyl (C=O) groups is 1. The largest absolute Gasteiger partial charge is 0.365 e. The van der Waals surface area contributed by atoms with Gasteiger partial charge in [0.25, 0.3) is 0 Å². The molecule has 1 saturated heterocycles. The summed E-state index contributed by atoms with van der Waals surface area (Å²) in [7, 11) is 1.92. The maximum atomic E-state index is 12.5. The molecule has 0 radical (unpaired) electrons. The minimum Gasteiger partial charge on any atom is -0.365 e. The average molecular weight is 313 g/mol. The van der Waals surface area contributed by atoms with Gasteiger partial charge in [0.15, 0.2) is 0 Å². The number of aromatic nitrogens is 2. The Balaban J connectivity index is 1.58. The molecule has 0 saturated carbocycles. The van der Waals surface area contributed by atoms with Crippen molar-refractivity contribution in [2.24, 2.45) is 7.05 Å². The Hall–Kier alpha value is -2.50. The number of hydrogen-bond acceptors (Lipinski definition) is 3. The zero-order valence-electron chi connectivity index (χ0n) is 13.7. The van der Waals surface area contributed by atoms with Gasteiger partial charge < -0.3 is 15.1 Å². The van der Waals surface area contributed by atoms with E-state index in [-0.39, 0.29) is 6.03 Å². The van der Waals surface area contributed by atoms with Crippen LogP contribution in [0.15, 0.2) is 36.7 Å². The Kier molecular flexibility index (Phi) is 4.50. The second-order valence-corrected chi connectivity index (χ2v) is 5.79. The fraction of sp³-hybridized carbons (Fsp3) is 0.412. The Morgan fingerprint density at radius 2 is 1.96 bits per heavy atom. The van der Waals surface area contributed by atoms with Gasteiger partial charge in [0.2, 0.25) is 0 Å². The van der Waals surface area contributed by atoms with Crippen LogP contribution < -0.4 is 10.2 Å². The number of para-hydroxylation sites is 1. The van der Waals surface area contributed by atoms with Crippen LogP contribution in [0.2, 0.25) is 0 Å². The Labute approximate surface area is 136 Å². The van der Waals surface area contributed by atoms with Gasteiger partial charge in [0.1, 0.15) is 0 Å². The molecule has 0 aliphatic carbocycles. The molecule has 6 heteroatoms. The van der Waals surface area contributed by atoms with Crippen LogP contribution in [0, 0.1) is 0 Å². The van der Waals surface area contributed by atoms with Gasteiger partial charge in [-0.05, 0) is 18.1 Å². The molecule has 0 unspecified atom stereocenters. The minimum atomic E-state index is -0.0169. The van der Waals surface area contributed by atoms with Crippen molar-refractivity contribution in [3.63, 3.8) is 0 Å². The van der Waals surface area contributed by atoms with E-state index in [1.165, 1.54) is 0 Å². The van der Waals surface area contributed by atoms with Gasteiger partial charge in [0.05, 0.1) is 11.9 Å². The molecule has 2 heterocycles. The highest BCUT2D eigenvalue weighted by atomic mass is 16.2. The van der Waals surface area contributed by atoms with E-state index in [9.17, 15) is 4.79 Å². The van der Waals surface area contributed by atoms with E-state index >= 15 is 0 Å². The van der Waals surface area contributed by atoms with Crippen LogP contribution in [0.4, 0.5) is 16.2 Å². The number of benzene rings is 1. The summed E-state index contributed by atoms with van der Waals surface area (Å²) >= 11 is 0. The van der Waals surface area contributed by atoms with E-state index in [1.54, 1.807) is 4.68 Å². The molecule has 1 aromatic carbocycles. The highest BCUT2D eigenvalue weighted by molar-refractivity contribution is 5.90. The molecule has 2 aromatic rings. The lowest BCUT2D eigenvalue weighted by molar-refractivity contribution is 0.208. The van der Waals surface area contributed by atoms with Gasteiger partial charge >= 0.3 is 6.03 Å². The third kappa shape index (κ3) is 3.47. The molecule has 6 nitrogen and oxygen atoms in total. The van der Waals surface area contributed by atoms with Crippen molar-refractivity contribution >= 4 is 17.4 Å². The van der Waals surface area contributed by atoms with Crippen molar-refractivity contribution in [1.29, 1.82) is 0 Å².